The van der Waals surface area contributed by atoms with Crippen LogP contribution in [0.2, 0.25) is 0 Å². The maximum Gasteiger partial charge on any atom is 0.229 e. The lowest BCUT2D eigenvalue weighted by atomic mass is 9.80. The van der Waals surface area contributed by atoms with E-state index in [-0.39, 0.29) is 17.6 Å². The predicted molar refractivity (Wildman–Crippen MR) is 149 cm³/mol. The summed E-state index contributed by atoms with van der Waals surface area (Å²) >= 11 is 0. The van der Waals surface area contributed by atoms with Gasteiger partial charge < -0.3 is 19.9 Å². The molecule has 0 aromatic heterocycles. The quantitative estimate of drug-likeness (QED) is 0.527. The number of piperazine rings is 1. The molecule has 7 heteroatoms. The summed E-state index contributed by atoms with van der Waals surface area (Å²) in [6.45, 7) is 10.5. The van der Waals surface area contributed by atoms with Crippen LogP contribution < -0.4 is 10.2 Å². The van der Waals surface area contributed by atoms with Crippen molar-refractivity contribution >= 4 is 17.4 Å². The van der Waals surface area contributed by atoms with Crippen molar-refractivity contribution in [2.45, 2.75) is 38.1 Å². The molecular formula is C30H42N4O3. The molecule has 2 atom stereocenters. The molecule has 0 radical (unpaired) electrons. The monoisotopic (exact) mass is 506 g/mol. The summed E-state index contributed by atoms with van der Waals surface area (Å²) in [5.74, 6) is 0.143. The van der Waals surface area contributed by atoms with Gasteiger partial charge in [-0.1, -0.05) is 31.2 Å². The number of likely N-dealkylation sites (N-methyl/N-ethyl adjacent to an activating group) is 1. The van der Waals surface area contributed by atoms with Crippen LogP contribution in [0.15, 0.2) is 48.5 Å². The second kappa shape index (κ2) is 12.2. The number of Topliss-reactive ketones (excluding diaryl/α,β-unsaturated/α-hetero) is 1. The molecule has 0 spiro atoms. The Hall–Kier alpha value is -2.74. The van der Waals surface area contributed by atoms with Crippen molar-refractivity contribution in [1.82, 2.24) is 15.1 Å². The maximum atomic E-state index is 13.9. The lowest BCUT2D eigenvalue weighted by Crippen LogP contribution is -2.52. The molecular weight excluding hydrogens is 464 g/mol. The number of carbonyl (C=O) groups is 2. The number of hydrogen-bond acceptors (Lipinski definition) is 6. The zero-order valence-corrected chi connectivity index (χ0v) is 22.8. The zero-order valence-electron chi connectivity index (χ0n) is 22.8. The van der Waals surface area contributed by atoms with Crippen molar-refractivity contribution in [2.24, 2.45) is 0 Å². The molecule has 7 nitrogen and oxygen atoms in total. The first kappa shape index (κ1) is 27.3. The van der Waals surface area contributed by atoms with Gasteiger partial charge in [0.2, 0.25) is 5.91 Å². The van der Waals surface area contributed by atoms with Crippen LogP contribution in [0.25, 0.3) is 0 Å². The van der Waals surface area contributed by atoms with Crippen LogP contribution in [0.1, 0.15) is 47.7 Å². The van der Waals surface area contributed by atoms with Crippen LogP contribution in [0.4, 0.5) is 5.69 Å². The Morgan fingerprint density at radius 1 is 0.973 bits per heavy atom. The summed E-state index contributed by atoms with van der Waals surface area (Å²) in [5.41, 5.74) is 3.33. The van der Waals surface area contributed by atoms with Gasteiger partial charge in [-0.25, -0.2) is 0 Å². The molecule has 2 heterocycles. The largest absolute Gasteiger partial charge is 0.378 e. The Morgan fingerprint density at radius 2 is 1.59 bits per heavy atom. The predicted octanol–water partition coefficient (Wildman–Crippen LogP) is 3.19. The van der Waals surface area contributed by atoms with Gasteiger partial charge in [0.25, 0.3) is 0 Å². The molecule has 2 aliphatic rings. The Bertz CT molecular complexity index is 1040. The second-order valence-electron chi connectivity index (χ2n) is 10.5. The van der Waals surface area contributed by atoms with E-state index >= 15 is 0 Å². The average molecular weight is 507 g/mol. The fourth-order valence-electron chi connectivity index (χ4n) is 5.52. The number of ketones is 1. The highest BCUT2D eigenvalue weighted by atomic mass is 16.5. The van der Waals surface area contributed by atoms with Crippen molar-refractivity contribution in [3.63, 3.8) is 0 Å². The first-order valence-corrected chi connectivity index (χ1v) is 13.6. The van der Waals surface area contributed by atoms with E-state index in [1.165, 1.54) is 0 Å². The molecule has 2 unspecified atom stereocenters. The maximum absolute atomic E-state index is 13.9. The van der Waals surface area contributed by atoms with E-state index in [2.05, 4.69) is 58.4 Å². The van der Waals surface area contributed by atoms with Crippen molar-refractivity contribution in [3.05, 3.63) is 65.2 Å². The highest BCUT2D eigenvalue weighted by Crippen LogP contribution is 2.30. The highest BCUT2D eigenvalue weighted by Gasteiger charge is 2.39. The van der Waals surface area contributed by atoms with Gasteiger partial charge >= 0.3 is 0 Å². The average Bonchev–Trinajstić information content (AvgIpc) is 2.96. The molecule has 2 aromatic carbocycles. The molecule has 200 valence electrons. The minimum absolute atomic E-state index is 0.139. The molecule has 2 saturated heterocycles. The number of ether oxygens (including phenoxy) is 1. The number of morpholine rings is 1. The fraction of sp³-hybridized carbons (Fsp3) is 0.533. The van der Waals surface area contributed by atoms with Gasteiger partial charge in [0, 0.05) is 50.5 Å². The Kier molecular flexibility index (Phi) is 9.00. The highest BCUT2D eigenvalue weighted by molar-refractivity contribution is 6.03. The number of amides is 1. The number of hydrogen-bond donors (Lipinski definition) is 1. The van der Waals surface area contributed by atoms with Gasteiger partial charge in [-0.3, -0.25) is 14.5 Å². The van der Waals surface area contributed by atoms with Gasteiger partial charge in [-0.05, 0) is 69.3 Å². The molecule has 2 fully saturated rings. The van der Waals surface area contributed by atoms with Crippen LogP contribution in [-0.4, -0.2) is 93.6 Å². The number of rotatable bonds is 9. The number of nitrogens with zero attached hydrogens (tertiary/aromatic N) is 3. The first-order chi connectivity index (χ1) is 17.9. The van der Waals surface area contributed by atoms with E-state index < -0.39 is 5.54 Å². The molecule has 4 rings (SSSR count). The molecule has 1 amide bonds. The minimum Gasteiger partial charge on any atom is -0.378 e. The third-order valence-electron chi connectivity index (χ3n) is 8.14. The number of anilines is 1. The lowest BCUT2D eigenvalue weighted by Gasteiger charge is -2.38. The van der Waals surface area contributed by atoms with E-state index in [4.69, 9.17) is 4.74 Å². The van der Waals surface area contributed by atoms with Gasteiger partial charge in [0.15, 0.2) is 5.78 Å². The molecule has 1 N–H and O–H groups in total. The number of benzene rings is 2. The minimum atomic E-state index is -0.649. The third kappa shape index (κ3) is 6.06. The summed E-state index contributed by atoms with van der Waals surface area (Å²) in [6.07, 6.45) is 1.31. The number of nitrogens with one attached hydrogen (secondary N) is 1. The molecule has 2 aromatic rings. The van der Waals surface area contributed by atoms with Crippen LogP contribution >= 0.6 is 0 Å². The van der Waals surface area contributed by atoms with Gasteiger partial charge in [0.05, 0.1) is 24.7 Å². The van der Waals surface area contributed by atoms with Crippen molar-refractivity contribution in [2.75, 3.05) is 71.5 Å². The van der Waals surface area contributed by atoms with Gasteiger partial charge in [-0.2, -0.15) is 0 Å². The molecule has 0 aliphatic carbocycles. The van der Waals surface area contributed by atoms with Crippen LogP contribution in [0.3, 0.4) is 0 Å². The summed E-state index contributed by atoms with van der Waals surface area (Å²) < 4.78 is 5.46. The summed E-state index contributed by atoms with van der Waals surface area (Å²) in [6, 6.07) is 16.3. The van der Waals surface area contributed by atoms with E-state index in [1.807, 2.05) is 38.1 Å². The van der Waals surface area contributed by atoms with Gasteiger partial charge in [0.1, 0.15) is 0 Å². The van der Waals surface area contributed by atoms with E-state index in [0.29, 0.717) is 12.8 Å². The van der Waals surface area contributed by atoms with Crippen molar-refractivity contribution in [1.29, 1.82) is 0 Å². The van der Waals surface area contributed by atoms with Crippen LogP contribution in [0.5, 0.6) is 0 Å². The molecule has 0 saturated carbocycles. The normalized spacial score (nSPS) is 18.9. The molecule has 37 heavy (non-hydrogen) atoms. The standard InChI is InChI=1S/C30H42N4O3/c1-5-30(32(3)4,28(35)26-10-12-27(13-11-26)33-18-20-37-21-19-33)22-24-6-8-25(9-7-24)23(2)29(36)34-16-14-31-15-17-34/h6-13,23,31H,5,14-22H2,1-4H3. The summed E-state index contributed by atoms with van der Waals surface area (Å²) in [5, 5.41) is 3.30. The molecule has 0 bridgehead atoms. The van der Waals surface area contributed by atoms with E-state index in [9.17, 15) is 9.59 Å². The second-order valence-corrected chi connectivity index (χ2v) is 10.5. The van der Waals surface area contributed by atoms with Crippen LogP contribution in [0, 0.1) is 0 Å². The topological polar surface area (TPSA) is 65.1 Å². The van der Waals surface area contributed by atoms with E-state index in [0.717, 1.165) is 74.9 Å². The Balaban J connectivity index is 1.49. The molecule has 2 aliphatic heterocycles. The van der Waals surface area contributed by atoms with E-state index in [1.54, 1.807) is 0 Å². The Morgan fingerprint density at radius 3 is 2.16 bits per heavy atom. The lowest BCUT2D eigenvalue weighted by molar-refractivity contribution is -0.133. The van der Waals surface area contributed by atoms with Crippen LogP contribution in [-0.2, 0) is 16.0 Å². The number of carbonyl (C=O) groups excluding carboxylic acids is 2. The smallest absolute Gasteiger partial charge is 0.229 e. The first-order valence-electron chi connectivity index (χ1n) is 13.6. The van der Waals surface area contributed by atoms with Crippen molar-refractivity contribution in [3.8, 4) is 0 Å². The fourth-order valence-corrected chi connectivity index (χ4v) is 5.52. The van der Waals surface area contributed by atoms with Crippen molar-refractivity contribution < 1.29 is 14.3 Å². The summed E-state index contributed by atoms with van der Waals surface area (Å²) in [7, 11) is 3.98. The third-order valence-corrected chi connectivity index (χ3v) is 8.14. The van der Waals surface area contributed by atoms with Gasteiger partial charge in [-0.15, -0.1) is 0 Å². The Labute approximate surface area is 221 Å². The SMILES string of the molecule is CCC(Cc1ccc(C(C)C(=O)N2CCNCC2)cc1)(C(=O)c1ccc(N2CCOCC2)cc1)N(C)C. The zero-order chi connectivity index (χ0) is 26.4. The summed E-state index contributed by atoms with van der Waals surface area (Å²) in [4.78, 5) is 33.2.